The van der Waals surface area contributed by atoms with Crippen LogP contribution >= 0.6 is 15.9 Å². The molecule has 0 saturated carbocycles. The summed E-state index contributed by atoms with van der Waals surface area (Å²) in [6, 6.07) is 14.9. The first kappa shape index (κ1) is 19.5. The van der Waals surface area contributed by atoms with E-state index in [0.717, 1.165) is 15.6 Å². The first-order chi connectivity index (χ1) is 13.4. The monoisotopic (exact) mass is 439 g/mol. The fraction of sp³-hybridized carbons (Fsp3) is 0.100. The van der Waals surface area contributed by atoms with Crippen molar-refractivity contribution in [2.75, 3.05) is 5.73 Å². The van der Waals surface area contributed by atoms with Crippen LogP contribution in [0.1, 0.15) is 37.7 Å². The van der Waals surface area contributed by atoms with Crippen molar-refractivity contribution in [3.63, 3.8) is 0 Å². The lowest BCUT2D eigenvalue weighted by Crippen LogP contribution is -2.22. The quantitative estimate of drug-likeness (QED) is 0.543. The molecule has 2 aromatic carbocycles. The molecule has 0 saturated heterocycles. The van der Waals surface area contributed by atoms with Crippen molar-refractivity contribution < 1.29 is 9.59 Å². The Balaban J connectivity index is 1.70. The fourth-order valence-electron chi connectivity index (χ4n) is 2.66. The van der Waals surface area contributed by atoms with Crippen LogP contribution in [0.15, 0.2) is 59.2 Å². The number of rotatable bonds is 6. The van der Waals surface area contributed by atoms with Crippen LogP contribution in [-0.2, 0) is 13.0 Å². The molecule has 28 heavy (non-hydrogen) atoms. The van der Waals surface area contributed by atoms with Gasteiger partial charge in [-0.1, -0.05) is 40.2 Å². The Morgan fingerprint density at radius 2 is 1.82 bits per heavy atom. The van der Waals surface area contributed by atoms with Crippen molar-refractivity contribution in [1.82, 2.24) is 15.3 Å². The molecule has 0 aliphatic rings. The second-order valence-electron chi connectivity index (χ2n) is 6.15. The first-order valence-corrected chi connectivity index (χ1v) is 9.24. The number of nitrogen functional groups attached to an aromatic ring is 1. The van der Waals surface area contributed by atoms with Gasteiger partial charge in [0, 0.05) is 23.0 Å². The Morgan fingerprint density at radius 3 is 2.57 bits per heavy atom. The first-order valence-electron chi connectivity index (χ1n) is 8.45. The lowest BCUT2D eigenvalue weighted by atomic mass is 10.1. The molecule has 3 rings (SSSR count). The number of amides is 2. The minimum atomic E-state index is -0.729. The van der Waals surface area contributed by atoms with E-state index in [2.05, 4.69) is 31.2 Å². The molecule has 1 aromatic heterocycles. The molecule has 2 amide bonds. The Morgan fingerprint density at radius 1 is 1.07 bits per heavy atom. The number of nitrogens with one attached hydrogen (secondary N) is 1. The molecular formula is C20H18BrN5O2. The Hall–Kier alpha value is -3.26. The summed E-state index contributed by atoms with van der Waals surface area (Å²) < 4.78 is 0.959. The highest BCUT2D eigenvalue weighted by Gasteiger charge is 2.12. The highest BCUT2D eigenvalue weighted by molar-refractivity contribution is 9.10. The molecule has 3 aromatic rings. The summed E-state index contributed by atoms with van der Waals surface area (Å²) in [4.78, 5) is 31.9. The molecule has 1 heterocycles. The maximum Gasteiger partial charge on any atom is 0.271 e. The molecular weight excluding hydrogens is 422 g/mol. The predicted octanol–water partition coefficient (Wildman–Crippen LogP) is 2.44. The van der Waals surface area contributed by atoms with E-state index in [4.69, 9.17) is 11.5 Å². The minimum absolute atomic E-state index is 0.00285. The smallest absolute Gasteiger partial charge is 0.271 e. The summed E-state index contributed by atoms with van der Waals surface area (Å²) in [6.45, 7) is 0.425. The van der Waals surface area contributed by atoms with Gasteiger partial charge in [0.1, 0.15) is 0 Å². The van der Waals surface area contributed by atoms with Crippen molar-refractivity contribution in [3.05, 3.63) is 87.3 Å². The third kappa shape index (κ3) is 4.92. The maximum atomic E-state index is 12.5. The van der Waals surface area contributed by atoms with Crippen molar-refractivity contribution in [2.24, 2.45) is 5.73 Å². The van der Waals surface area contributed by atoms with Gasteiger partial charge in [0.05, 0.1) is 11.9 Å². The van der Waals surface area contributed by atoms with Gasteiger partial charge in [-0.3, -0.25) is 9.59 Å². The van der Waals surface area contributed by atoms with E-state index < -0.39 is 5.91 Å². The van der Waals surface area contributed by atoms with Crippen LogP contribution in [0.3, 0.4) is 0 Å². The zero-order chi connectivity index (χ0) is 20.1. The van der Waals surface area contributed by atoms with E-state index in [0.29, 0.717) is 24.2 Å². The third-order valence-electron chi connectivity index (χ3n) is 4.00. The molecule has 0 unspecified atom stereocenters. The molecule has 0 spiro atoms. The normalized spacial score (nSPS) is 10.5. The summed E-state index contributed by atoms with van der Waals surface area (Å²) in [7, 11) is 0. The third-order valence-corrected chi connectivity index (χ3v) is 4.49. The summed E-state index contributed by atoms with van der Waals surface area (Å²) in [5.41, 5.74) is 13.7. The zero-order valence-electron chi connectivity index (χ0n) is 14.9. The number of carbonyl (C=O) groups is 2. The van der Waals surface area contributed by atoms with E-state index >= 15 is 0 Å². The highest BCUT2D eigenvalue weighted by Crippen LogP contribution is 2.14. The van der Waals surface area contributed by atoms with Gasteiger partial charge in [-0.05, 0) is 35.4 Å². The summed E-state index contributed by atoms with van der Waals surface area (Å²) in [6.07, 6.45) is 1.88. The van der Waals surface area contributed by atoms with E-state index in [1.165, 1.54) is 6.20 Å². The van der Waals surface area contributed by atoms with Crippen LogP contribution in [-0.4, -0.2) is 21.8 Å². The molecule has 142 valence electrons. The number of hydrogen-bond donors (Lipinski definition) is 3. The predicted molar refractivity (Wildman–Crippen MR) is 110 cm³/mol. The van der Waals surface area contributed by atoms with Gasteiger partial charge in [-0.2, -0.15) is 0 Å². The van der Waals surface area contributed by atoms with Gasteiger partial charge in [0.2, 0.25) is 0 Å². The Kier molecular flexibility index (Phi) is 6.00. The largest absolute Gasteiger partial charge is 0.382 e. The molecule has 0 radical (unpaired) electrons. The van der Waals surface area contributed by atoms with Gasteiger partial charge in [-0.25, -0.2) is 9.97 Å². The number of halogens is 1. The number of nitrogens with zero attached hydrogens (tertiary/aromatic N) is 2. The SMILES string of the molecule is NC(=O)c1nc(Cc2cccc(C(=O)NCc3cccc(Br)c3)c2)cnc1N. The number of nitrogens with two attached hydrogens (primary N) is 2. The van der Waals surface area contributed by atoms with Gasteiger partial charge in [-0.15, -0.1) is 0 Å². The van der Waals surface area contributed by atoms with Crippen LogP contribution in [0, 0.1) is 0 Å². The van der Waals surface area contributed by atoms with Gasteiger partial charge in [0.25, 0.3) is 11.8 Å². The Bertz CT molecular complexity index is 1040. The van der Waals surface area contributed by atoms with Gasteiger partial charge >= 0.3 is 0 Å². The molecule has 0 aliphatic heterocycles. The van der Waals surface area contributed by atoms with Crippen LogP contribution in [0.2, 0.25) is 0 Å². The van der Waals surface area contributed by atoms with Crippen LogP contribution < -0.4 is 16.8 Å². The molecule has 0 fully saturated rings. The van der Waals surface area contributed by atoms with Crippen molar-refractivity contribution in [3.8, 4) is 0 Å². The Labute approximate surface area is 170 Å². The van der Waals surface area contributed by atoms with Crippen molar-refractivity contribution in [2.45, 2.75) is 13.0 Å². The molecule has 7 nitrogen and oxygen atoms in total. The van der Waals surface area contributed by atoms with E-state index in [1.54, 1.807) is 18.2 Å². The van der Waals surface area contributed by atoms with E-state index in [9.17, 15) is 9.59 Å². The summed E-state index contributed by atoms with van der Waals surface area (Å²) in [5, 5.41) is 2.90. The fourth-order valence-corrected chi connectivity index (χ4v) is 3.11. The molecule has 0 bridgehead atoms. The number of benzene rings is 2. The number of aromatic nitrogens is 2. The number of hydrogen-bond acceptors (Lipinski definition) is 5. The van der Waals surface area contributed by atoms with Crippen LogP contribution in [0.4, 0.5) is 5.82 Å². The number of primary amides is 1. The average Bonchev–Trinajstić information content (AvgIpc) is 2.67. The second kappa shape index (κ2) is 8.62. The molecule has 0 aliphatic carbocycles. The maximum absolute atomic E-state index is 12.5. The lowest BCUT2D eigenvalue weighted by Gasteiger charge is -2.08. The molecule has 8 heteroatoms. The van der Waals surface area contributed by atoms with E-state index in [-0.39, 0.29) is 17.4 Å². The molecule has 0 atom stereocenters. The van der Waals surface area contributed by atoms with Crippen molar-refractivity contribution >= 4 is 33.6 Å². The number of carbonyl (C=O) groups excluding carboxylic acids is 2. The minimum Gasteiger partial charge on any atom is -0.382 e. The van der Waals surface area contributed by atoms with Crippen LogP contribution in [0.25, 0.3) is 0 Å². The topological polar surface area (TPSA) is 124 Å². The number of anilines is 1. The molecule has 5 N–H and O–H groups in total. The van der Waals surface area contributed by atoms with Crippen molar-refractivity contribution in [1.29, 1.82) is 0 Å². The van der Waals surface area contributed by atoms with Gasteiger partial charge in [0.15, 0.2) is 11.5 Å². The standard InChI is InChI=1S/C20H18BrN5O2/c21-15-6-2-4-13(8-15)10-25-20(28)14-5-1-3-12(7-14)9-16-11-24-18(22)17(26-16)19(23)27/h1-8,11H,9-10H2,(H2,22,24)(H2,23,27)(H,25,28). The lowest BCUT2D eigenvalue weighted by molar-refractivity contribution is 0.0949. The highest BCUT2D eigenvalue weighted by atomic mass is 79.9. The average molecular weight is 440 g/mol. The summed E-state index contributed by atoms with van der Waals surface area (Å²) >= 11 is 3.41. The van der Waals surface area contributed by atoms with Crippen LogP contribution in [0.5, 0.6) is 0 Å². The second-order valence-corrected chi connectivity index (χ2v) is 7.06. The zero-order valence-corrected chi connectivity index (χ0v) is 16.4. The summed E-state index contributed by atoms with van der Waals surface area (Å²) in [5.74, 6) is -0.910. The van der Waals surface area contributed by atoms with E-state index in [1.807, 2.05) is 30.3 Å². The van der Waals surface area contributed by atoms with Gasteiger partial charge < -0.3 is 16.8 Å².